The second-order valence-electron chi connectivity index (χ2n) is 5.30. The summed E-state index contributed by atoms with van der Waals surface area (Å²) in [6.45, 7) is 2.33. The minimum atomic E-state index is -0.328. The van der Waals surface area contributed by atoms with Gasteiger partial charge in [0.2, 0.25) is 0 Å². The molecular weight excluding hydrogens is 290 g/mol. The number of piperidine rings is 1. The molecule has 6 nitrogen and oxygen atoms in total. The molecule has 3 heterocycles. The lowest BCUT2D eigenvalue weighted by atomic mass is 10.0. The van der Waals surface area contributed by atoms with Gasteiger partial charge in [0, 0.05) is 23.8 Å². The Morgan fingerprint density at radius 2 is 2.33 bits per heavy atom. The molecule has 21 heavy (non-hydrogen) atoms. The summed E-state index contributed by atoms with van der Waals surface area (Å²) in [5.41, 5.74) is 0.528. The van der Waals surface area contributed by atoms with Gasteiger partial charge in [-0.3, -0.25) is 14.0 Å². The number of aliphatic hydroxyl groups excluding tert-OH is 1. The van der Waals surface area contributed by atoms with Gasteiger partial charge in [-0.05, 0) is 26.2 Å². The third kappa shape index (κ3) is 2.36. The summed E-state index contributed by atoms with van der Waals surface area (Å²) in [7, 11) is 0. The van der Waals surface area contributed by atoms with E-state index in [0.29, 0.717) is 11.5 Å². The van der Waals surface area contributed by atoms with Crippen LogP contribution < -0.4 is 5.56 Å². The molecule has 1 saturated heterocycles. The van der Waals surface area contributed by atoms with Crippen LogP contribution in [0.2, 0.25) is 0 Å². The van der Waals surface area contributed by atoms with Gasteiger partial charge in [0.05, 0.1) is 12.6 Å². The minimum absolute atomic E-state index is 0.0692. The summed E-state index contributed by atoms with van der Waals surface area (Å²) in [5.74, 6) is -0.328. The van der Waals surface area contributed by atoms with E-state index < -0.39 is 0 Å². The van der Waals surface area contributed by atoms with Gasteiger partial charge in [0.1, 0.15) is 5.56 Å². The molecule has 1 amide bonds. The standard InChI is InChI=1S/C14H17N3O3S/c1-9-8-21-14-15-6-11(13(20)17(9)14)12(19)16-5-3-2-4-10(16)7-18/h6,8,10,18H,2-5,7H2,1H3. The van der Waals surface area contributed by atoms with E-state index in [-0.39, 0.29) is 29.7 Å². The molecule has 112 valence electrons. The highest BCUT2D eigenvalue weighted by atomic mass is 32.1. The van der Waals surface area contributed by atoms with Gasteiger partial charge in [-0.1, -0.05) is 0 Å². The Balaban J connectivity index is 2.03. The number of rotatable bonds is 2. The van der Waals surface area contributed by atoms with Crippen molar-refractivity contribution in [3.63, 3.8) is 0 Å². The fraction of sp³-hybridized carbons (Fsp3) is 0.500. The molecule has 1 aliphatic rings. The maximum atomic E-state index is 12.6. The number of likely N-dealkylation sites (tertiary alicyclic amines) is 1. The molecule has 3 rings (SSSR count). The molecule has 1 unspecified atom stereocenters. The van der Waals surface area contributed by atoms with E-state index in [1.54, 1.807) is 4.90 Å². The minimum Gasteiger partial charge on any atom is -0.394 e. The molecule has 7 heteroatoms. The van der Waals surface area contributed by atoms with E-state index in [9.17, 15) is 14.7 Å². The van der Waals surface area contributed by atoms with E-state index in [1.807, 2.05) is 12.3 Å². The van der Waals surface area contributed by atoms with Crippen molar-refractivity contribution < 1.29 is 9.90 Å². The zero-order valence-electron chi connectivity index (χ0n) is 11.8. The summed E-state index contributed by atoms with van der Waals surface area (Å²) < 4.78 is 1.47. The number of thiazole rings is 1. The monoisotopic (exact) mass is 307 g/mol. The van der Waals surface area contributed by atoms with E-state index in [1.165, 1.54) is 21.9 Å². The molecular formula is C14H17N3O3S. The highest BCUT2D eigenvalue weighted by molar-refractivity contribution is 7.15. The Kier molecular flexibility index (Phi) is 3.77. The zero-order valence-corrected chi connectivity index (χ0v) is 12.6. The Morgan fingerprint density at radius 3 is 3.10 bits per heavy atom. The normalized spacial score (nSPS) is 19.1. The Hall–Kier alpha value is -1.73. The molecule has 0 spiro atoms. The third-order valence-corrected chi connectivity index (χ3v) is 4.90. The Morgan fingerprint density at radius 1 is 1.52 bits per heavy atom. The first-order valence-electron chi connectivity index (χ1n) is 7.01. The van der Waals surface area contributed by atoms with Crippen molar-refractivity contribution in [1.82, 2.24) is 14.3 Å². The summed E-state index contributed by atoms with van der Waals surface area (Å²) in [4.78, 5) is 31.5. The van der Waals surface area contributed by atoms with Gasteiger partial charge in [-0.25, -0.2) is 4.98 Å². The molecule has 1 N–H and O–H groups in total. The predicted octanol–water partition coefficient (Wildman–Crippen LogP) is 1.05. The maximum Gasteiger partial charge on any atom is 0.271 e. The topological polar surface area (TPSA) is 74.9 Å². The molecule has 0 aliphatic carbocycles. The van der Waals surface area contributed by atoms with Gasteiger partial charge in [0.25, 0.3) is 11.5 Å². The summed E-state index contributed by atoms with van der Waals surface area (Å²) in [6, 6.07) is -0.199. The maximum absolute atomic E-state index is 12.6. The van der Waals surface area contributed by atoms with Crippen LogP contribution in [0.15, 0.2) is 16.4 Å². The quantitative estimate of drug-likeness (QED) is 0.900. The first-order valence-corrected chi connectivity index (χ1v) is 7.89. The summed E-state index contributed by atoms with van der Waals surface area (Å²) >= 11 is 1.38. The van der Waals surface area contributed by atoms with Crippen molar-refractivity contribution in [3.8, 4) is 0 Å². The smallest absolute Gasteiger partial charge is 0.271 e. The van der Waals surface area contributed by atoms with Gasteiger partial charge in [0.15, 0.2) is 4.96 Å². The van der Waals surface area contributed by atoms with Crippen LogP contribution >= 0.6 is 11.3 Å². The molecule has 1 fully saturated rings. The number of hydrogen-bond donors (Lipinski definition) is 1. The number of amides is 1. The van der Waals surface area contributed by atoms with E-state index >= 15 is 0 Å². The molecule has 1 atom stereocenters. The highest BCUT2D eigenvalue weighted by Crippen LogP contribution is 2.19. The number of aromatic nitrogens is 2. The molecule has 0 bridgehead atoms. The lowest BCUT2D eigenvalue weighted by Crippen LogP contribution is -2.47. The molecule has 0 aromatic carbocycles. The second-order valence-corrected chi connectivity index (χ2v) is 6.14. The van der Waals surface area contributed by atoms with Crippen LogP contribution in [0.25, 0.3) is 4.96 Å². The van der Waals surface area contributed by atoms with E-state index in [4.69, 9.17) is 0 Å². The first-order chi connectivity index (χ1) is 10.1. The van der Waals surface area contributed by atoms with Crippen LogP contribution in [-0.2, 0) is 0 Å². The van der Waals surface area contributed by atoms with Gasteiger partial charge >= 0.3 is 0 Å². The lowest BCUT2D eigenvalue weighted by molar-refractivity contribution is 0.0500. The van der Waals surface area contributed by atoms with Gasteiger partial charge in [-0.2, -0.15) is 0 Å². The van der Waals surface area contributed by atoms with Crippen LogP contribution in [0.3, 0.4) is 0 Å². The van der Waals surface area contributed by atoms with Crippen LogP contribution in [0.1, 0.15) is 35.3 Å². The van der Waals surface area contributed by atoms with Gasteiger partial charge in [-0.15, -0.1) is 11.3 Å². The van der Waals surface area contributed by atoms with Crippen LogP contribution in [0, 0.1) is 6.92 Å². The second kappa shape index (κ2) is 5.57. The fourth-order valence-corrected chi connectivity index (χ4v) is 3.61. The largest absolute Gasteiger partial charge is 0.394 e. The number of hydrogen-bond acceptors (Lipinski definition) is 5. The lowest BCUT2D eigenvalue weighted by Gasteiger charge is -2.34. The van der Waals surface area contributed by atoms with Crippen molar-refractivity contribution in [2.75, 3.05) is 13.2 Å². The van der Waals surface area contributed by atoms with Crippen LogP contribution in [0.5, 0.6) is 0 Å². The van der Waals surface area contributed by atoms with Gasteiger partial charge < -0.3 is 10.0 Å². The Labute approximate surface area is 125 Å². The van der Waals surface area contributed by atoms with E-state index in [2.05, 4.69) is 4.98 Å². The average Bonchev–Trinajstić information content (AvgIpc) is 2.89. The summed E-state index contributed by atoms with van der Waals surface area (Å²) in [5, 5.41) is 11.3. The van der Waals surface area contributed by atoms with Crippen molar-refractivity contribution >= 4 is 22.2 Å². The number of nitrogens with zero attached hydrogens (tertiary/aromatic N) is 3. The fourth-order valence-electron chi connectivity index (χ4n) is 2.78. The van der Waals surface area contributed by atoms with E-state index in [0.717, 1.165) is 25.0 Å². The zero-order chi connectivity index (χ0) is 15.0. The number of carbonyl (C=O) groups is 1. The Bertz CT molecular complexity index is 737. The first kappa shape index (κ1) is 14.2. The number of aliphatic hydroxyl groups is 1. The third-order valence-electron chi connectivity index (χ3n) is 3.95. The number of fused-ring (bicyclic) bond motifs is 1. The molecule has 2 aromatic rings. The predicted molar refractivity (Wildman–Crippen MR) is 79.8 cm³/mol. The molecule has 2 aromatic heterocycles. The number of aryl methyl sites for hydroxylation is 1. The molecule has 1 aliphatic heterocycles. The van der Waals surface area contributed by atoms with Crippen molar-refractivity contribution in [2.24, 2.45) is 0 Å². The average molecular weight is 307 g/mol. The summed E-state index contributed by atoms with van der Waals surface area (Å²) in [6.07, 6.45) is 4.03. The SMILES string of the molecule is Cc1csc2ncc(C(=O)N3CCCCC3CO)c(=O)n12. The van der Waals surface area contributed by atoms with Crippen molar-refractivity contribution in [1.29, 1.82) is 0 Å². The molecule has 0 saturated carbocycles. The van der Waals surface area contributed by atoms with Crippen molar-refractivity contribution in [3.05, 3.63) is 33.2 Å². The number of carbonyl (C=O) groups excluding carboxylic acids is 1. The van der Waals surface area contributed by atoms with Crippen LogP contribution in [-0.4, -0.2) is 44.5 Å². The van der Waals surface area contributed by atoms with Crippen molar-refractivity contribution in [2.45, 2.75) is 32.2 Å². The highest BCUT2D eigenvalue weighted by Gasteiger charge is 2.29. The van der Waals surface area contributed by atoms with Crippen LogP contribution in [0.4, 0.5) is 0 Å². The molecule has 0 radical (unpaired) electrons.